The third-order valence-corrected chi connectivity index (χ3v) is 7.09. The van der Waals surface area contributed by atoms with Gasteiger partial charge < -0.3 is 103 Å². The van der Waals surface area contributed by atoms with Crippen molar-refractivity contribution in [1.29, 1.82) is 0 Å². The topological polar surface area (TPSA) is 304 Å². The molecule has 0 fully saturated rings. The van der Waals surface area contributed by atoms with Gasteiger partial charge in [-0.1, -0.05) is 0 Å². The Morgan fingerprint density at radius 3 is 1.19 bits per heavy atom. The Labute approximate surface area is 317 Å². The van der Waals surface area contributed by atoms with Crippen LogP contribution in [0, 0.1) is 0 Å². The molecule has 0 aromatic carbocycles. The van der Waals surface area contributed by atoms with E-state index in [1.54, 1.807) is 0 Å². The van der Waals surface area contributed by atoms with E-state index in [1.807, 2.05) is 0 Å². The number of rotatable bonds is 41. The summed E-state index contributed by atoms with van der Waals surface area (Å²) in [5.74, 6) is 0. The average Bonchev–Trinajstić information content (AvgIpc) is 3.17. The first-order valence-electron chi connectivity index (χ1n) is 17.9. The van der Waals surface area contributed by atoms with Crippen LogP contribution in [0.1, 0.15) is 6.42 Å². The van der Waals surface area contributed by atoms with Crippen molar-refractivity contribution in [3.63, 3.8) is 0 Å². The van der Waals surface area contributed by atoms with Crippen LogP contribution in [-0.4, -0.2) is 258 Å². The molecule has 0 aromatic rings. The standard InChI is InChI=1S/C33H68O21/c1-44-10-27(42)16-50-29(8-37)3-4-46-19-32(52-15-26(41)7-36)22-54-33(21-48-13-28(43)12-47-11-24(39)5-34)23-53-31(17-45-2)20-49-18-30(9-38)51-14-25(40)6-35/h24-43H,3-23H2,1-2H3. The molecule has 0 saturated heterocycles. The van der Waals surface area contributed by atoms with Crippen LogP contribution < -0.4 is 0 Å². The first-order valence-corrected chi connectivity index (χ1v) is 17.9. The Bertz CT molecular complexity index is 790. The van der Waals surface area contributed by atoms with Gasteiger partial charge in [0.05, 0.1) is 132 Å². The fourth-order valence-electron chi connectivity index (χ4n) is 4.11. The van der Waals surface area contributed by atoms with E-state index in [0.717, 1.165) is 0 Å². The maximum atomic E-state index is 10.2. The molecule has 0 spiro atoms. The van der Waals surface area contributed by atoms with Gasteiger partial charge in [0.25, 0.3) is 0 Å². The van der Waals surface area contributed by atoms with Gasteiger partial charge in [0.15, 0.2) is 0 Å². The van der Waals surface area contributed by atoms with Crippen molar-refractivity contribution in [2.24, 2.45) is 0 Å². The quantitative estimate of drug-likeness (QED) is 0.0258. The van der Waals surface area contributed by atoms with Gasteiger partial charge in [-0.25, -0.2) is 0 Å². The van der Waals surface area contributed by atoms with Gasteiger partial charge in [0.1, 0.15) is 54.9 Å². The lowest BCUT2D eigenvalue weighted by Crippen LogP contribution is -2.38. The fourth-order valence-corrected chi connectivity index (χ4v) is 4.11. The fraction of sp³-hybridized carbons (Fsp3) is 1.00. The third-order valence-electron chi connectivity index (χ3n) is 7.09. The molecule has 0 heterocycles. The molecule has 10 atom stereocenters. The summed E-state index contributed by atoms with van der Waals surface area (Å²) in [5, 5.41) is 95.1. The van der Waals surface area contributed by atoms with E-state index in [9.17, 15) is 40.9 Å². The third kappa shape index (κ3) is 30.3. The molecule has 21 heteroatoms. The van der Waals surface area contributed by atoms with Gasteiger partial charge in [-0.2, -0.15) is 0 Å². The van der Waals surface area contributed by atoms with Gasteiger partial charge in [-0.3, -0.25) is 0 Å². The van der Waals surface area contributed by atoms with E-state index < -0.39 is 87.5 Å². The first kappa shape index (κ1) is 53.2. The second-order valence-electron chi connectivity index (χ2n) is 12.3. The van der Waals surface area contributed by atoms with Crippen LogP contribution in [-0.2, 0) is 52.1 Å². The minimum atomic E-state index is -1.16. The summed E-state index contributed by atoms with van der Waals surface area (Å²) >= 11 is 0. The van der Waals surface area contributed by atoms with E-state index in [0.29, 0.717) is 0 Å². The summed E-state index contributed by atoms with van der Waals surface area (Å²) in [7, 11) is 2.91. The van der Waals surface area contributed by atoms with Crippen molar-refractivity contribution in [2.75, 3.05) is 146 Å². The number of aliphatic hydroxyl groups excluding tert-OH is 10. The van der Waals surface area contributed by atoms with Crippen LogP contribution in [0.25, 0.3) is 0 Å². The van der Waals surface area contributed by atoms with Gasteiger partial charge in [0.2, 0.25) is 0 Å². The molecule has 0 bridgehead atoms. The molecule has 0 saturated carbocycles. The van der Waals surface area contributed by atoms with Crippen LogP contribution in [0.2, 0.25) is 0 Å². The molecule has 0 aliphatic rings. The Morgan fingerprint density at radius 1 is 0.315 bits per heavy atom. The molecule has 54 heavy (non-hydrogen) atoms. The smallest absolute Gasteiger partial charge is 0.104 e. The Morgan fingerprint density at radius 2 is 0.667 bits per heavy atom. The molecular formula is C33H68O21. The highest BCUT2D eigenvalue weighted by atomic mass is 16.6. The second kappa shape index (κ2) is 36.5. The maximum Gasteiger partial charge on any atom is 0.104 e. The van der Waals surface area contributed by atoms with E-state index in [1.165, 1.54) is 14.2 Å². The molecular weight excluding hydrogens is 732 g/mol. The van der Waals surface area contributed by atoms with Crippen LogP contribution in [0.15, 0.2) is 0 Å². The SMILES string of the molecule is COCC(O)COC(CO)CCOCC(COC(COCC(O)COCC(O)CO)COC(COC)COCC(CO)OCC(O)CO)OCC(O)CO. The second-order valence-corrected chi connectivity index (χ2v) is 12.3. The molecule has 21 nitrogen and oxygen atoms in total. The highest BCUT2D eigenvalue weighted by Gasteiger charge is 2.22. The van der Waals surface area contributed by atoms with Gasteiger partial charge in [-0.05, 0) is 6.42 Å². The number of hydrogen-bond acceptors (Lipinski definition) is 21. The number of aliphatic hydroxyl groups is 10. The van der Waals surface area contributed by atoms with Gasteiger partial charge in [0, 0.05) is 20.8 Å². The summed E-state index contributed by atoms with van der Waals surface area (Å²) in [4.78, 5) is 0. The normalized spacial score (nSPS) is 17.8. The van der Waals surface area contributed by atoms with Crippen LogP contribution in [0.4, 0.5) is 0 Å². The summed E-state index contributed by atoms with van der Waals surface area (Å²) in [6, 6.07) is 0. The maximum absolute atomic E-state index is 10.2. The molecule has 0 amide bonds. The van der Waals surface area contributed by atoms with E-state index in [-0.39, 0.29) is 112 Å². The van der Waals surface area contributed by atoms with Crippen molar-refractivity contribution in [2.45, 2.75) is 67.5 Å². The van der Waals surface area contributed by atoms with Crippen LogP contribution >= 0.6 is 0 Å². The number of ether oxygens (including phenoxy) is 11. The minimum Gasteiger partial charge on any atom is -0.394 e. The van der Waals surface area contributed by atoms with Crippen molar-refractivity contribution >= 4 is 0 Å². The summed E-state index contributed by atoms with van der Waals surface area (Å²) in [6.45, 7) is -3.14. The highest BCUT2D eigenvalue weighted by Crippen LogP contribution is 2.08. The van der Waals surface area contributed by atoms with E-state index in [2.05, 4.69) is 0 Å². The minimum absolute atomic E-state index is 0.0160. The number of methoxy groups -OCH3 is 2. The van der Waals surface area contributed by atoms with Crippen LogP contribution in [0.3, 0.4) is 0 Å². The van der Waals surface area contributed by atoms with Crippen molar-refractivity contribution < 1.29 is 103 Å². The lowest BCUT2D eigenvalue weighted by atomic mass is 10.2. The van der Waals surface area contributed by atoms with E-state index in [4.69, 9.17) is 62.3 Å². The van der Waals surface area contributed by atoms with Crippen LogP contribution in [0.5, 0.6) is 0 Å². The predicted octanol–water partition coefficient (Wildman–Crippen LogP) is -5.57. The molecule has 326 valence electrons. The molecule has 10 unspecified atom stereocenters. The number of hydrogen-bond donors (Lipinski definition) is 10. The largest absolute Gasteiger partial charge is 0.394 e. The van der Waals surface area contributed by atoms with Crippen molar-refractivity contribution in [3.05, 3.63) is 0 Å². The molecule has 0 aliphatic heterocycles. The molecule has 0 radical (unpaired) electrons. The predicted molar refractivity (Wildman–Crippen MR) is 186 cm³/mol. The molecule has 0 aliphatic carbocycles. The van der Waals surface area contributed by atoms with Gasteiger partial charge in [-0.15, -0.1) is 0 Å². The van der Waals surface area contributed by atoms with Crippen molar-refractivity contribution in [1.82, 2.24) is 0 Å². The lowest BCUT2D eigenvalue weighted by Gasteiger charge is -2.26. The van der Waals surface area contributed by atoms with E-state index >= 15 is 0 Å². The van der Waals surface area contributed by atoms with Gasteiger partial charge >= 0.3 is 0 Å². The zero-order valence-corrected chi connectivity index (χ0v) is 31.6. The average molecular weight is 801 g/mol. The monoisotopic (exact) mass is 800 g/mol. The molecule has 10 N–H and O–H groups in total. The molecule has 0 rings (SSSR count). The highest BCUT2D eigenvalue weighted by molar-refractivity contribution is 4.67. The zero-order chi connectivity index (χ0) is 40.4. The Balaban J connectivity index is 5.38. The Hall–Kier alpha value is -0.840. The zero-order valence-electron chi connectivity index (χ0n) is 31.6. The summed E-state index contributed by atoms with van der Waals surface area (Å²) < 4.78 is 60.9. The molecule has 0 aromatic heterocycles. The Kier molecular flexibility index (Phi) is 35.9. The summed E-state index contributed by atoms with van der Waals surface area (Å²) in [5.41, 5.74) is 0. The lowest BCUT2D eigenvalue weighted by molar-refractivity contribution is -0.144. The first-order chi connectivity index (χ1) is 26.0. The van der Waals surface area contributed by atoms with Crippen molar-refractivity contribution in [3.8, 4) is 0 Å². The summed E-state index contributed by atoms with van der Waals surface area (Å²) in [6.07, 6.45) is -8.46.